The number of benzene rings is 2. The minimum atomic E-state index is 0.298. The number of nitrogens with zero attached hydrogens (tertiary/aromatic N) is 1. The van der Waals surface area contributed by atoms with Gasteiger partial charge in [-0.1, -0.05) is 23.7 Å². The number of halogens is 1. The fraction of sp³-hybridized carbons (Fsp3) is 0.176. The number of phenols is 1. The second kappa shape index (κ2) is 5.70. The molecule has 0 spiro atoms. The van der Waals surface area contributed by atoms with Crippen molar-refractivity contribution in [3.63, 3.8) is 0 Å². The third-order valence-corrected chi connectivity index (χ3v) is 3.75. The maximum absolute atomic E-state index is 10.0. The summed E-state index contributed by atoms with van der Waals surface area (Å²) < 4.78 is 7.87. The molecular weight excluding hydrogens is 286 g/mol. The first-order valence-electron chi connectivity index (χ1n) is 6.87. The molecule has 0 radical (unpaired) electrons. The zero-order valence-corrected chi connectivity index (χ0v) is 12.5. The van der Waals surface area contributed by atoms with Gasteiger partial charge in [0.1, 0.15) is 18.1 Å². The van der Waals surface area contributed by atoms with Gasteiger partial charge in [-0.25, -0.2) is 0 Å². The Hall–Kier alpha value is -2.13. The predicted octanol–water partition coefficient (Wildman–Crippen LogP) is 4.60. The summed E-state index contributed by atoms with van der Waals surface area (Å²) in [7, 11) is 0. The lowest BCUT2D eigenvalue weighted by Gasteiger charge is -2.10. The van der Waals surface area contributed by atoms with E-state index in [1.807, 2.05) is 24.3 Å². The van der Waals surface area contributed by atoms with Gasteiger partial charge in [0.25, 0.3) is 0 Å². The smallest absolute Gasteiger partial charge is 0.139 e. The largest absolute Gasteiger partial charge is 0.506 e. The molecule has 0 aliphatic carbocycles. The van der Waals surface area contributed by atoms with Crippen molar-refractivity contribution in [1.29, 1.82) is 0 Å². The van der Waals surface area contributed by atoms with Crippen molar-refractivity contribution in [2.75, 3.05) is 0 Å². The highest BCUT2D eigenvalue weighted by atomic mass is 35.5. The molecule has 1 N–H and O–H groups in total. The van der Waals surface area contributed by atoms with Gasteiger partial charge < -0.3 is 14.4 Å². The van der Waals surface area contributed by atoms with Gasteiger partial charge >= 0.3 is 0 Å². The Morgan fingerprint density at radius 1 is 1.14 bits per heavy atom. The Bertz CT molecular complexity index is 762. The van der Waals surface area contributed by atoms with Crippen molar-refractivity contribution < 1.29 is 9.84 Å². The summed E-state index contributed by atoms with van der Waals surface area (Å²) in [4.78, 5) is 0. The van der Waals surface area contributed by atoms with E-state index in [9.17, 15) is 5.11 Å². The van der Waals surface area contributed by atoms with E-state index >= 15 is 0 Å². The quantitative estimate of drug-likeness (QED) is 0.764. The lowest BCUT2D eigenvalue weighted by Crippen LogP contribution is -2.04. The topological polar surface area (TPSA) is 34.4 Å². The van der Waals surface area contributed by atoms with E-state index in [2.05, 4.69) is 17.6 Å². The van der Waals surface area contributed by atoms with E-state index in [4.69, 9.17) is 16.3 Å². The van der Waals surface area contributed by atoms with E-state index in [0.717, 1.165) is 28.9 Å². The van der Waals surface area contributed by atoms with Gasteiger partial charge in [0.2, 0.25) is 0 Å². The SMILES string of the molecule is CCn1c(COc2ccc(Cl)cc2)cc2cccc(O)c21. The van der Waals surface area contributed by atoms with Crippen molar-refractivity contribution in [2.45, 2.75) is 20.1 Å². The molecule has 0 aliphatic rings. The van der Waals surface area contributed by atoms with Crippen molar-refractivity contribution in [3.8, 4) is 11.5 Å². The van der Waals surface area contributed by atoms with Gasteiger partial charge in [0.15, 0.2) is 0 Å². The third kappa shape index (κ3) is 2.69. The van der Waals surface area contributed by atoms with Crippen LogP contribution in [-0.2, 0) is 13.2 Å². The summed E-state index contributed by atoms with van der Waals surface area (Å²) in [5.41, 5.74) is 1.89. The van der Waals surface area contributed by atoms with Gasteiger partial charge in [0.05, 0.1) is 11.2 Å². The highest BCUT2D eigenvalue weighted by Crippen LogP contribution is 2.28. The van der Waals surface area contributed by atoms with Crippen LogP contribution in [0.25, 0.3) is 10.9 Å². The van der Waals surface area contributed by atoms with E-state index < -0.39 is 0 Å². The molecule has 0 amide bonds. The molecule has 1 heterocycles. The van der Waals surface area contributed by atoms with Gasteiger partial charge in [-0.3, -0.25) is 0 Å². The average molecular weight is 302 g/mol. The molecule has 0 fully saturated rings. The number of rotatable bonds is 4. The fourth-order valence-corrected chi connectivity index (χ4v) is 2.66. The van der Waals surface area contributed by atoms with Crippen molar-refractivity contribution in [1.82, 2.24) is 4.57 Å². The lowest BCUT2D eigenvalue weighted by molar-refractivity contribution is 0.296. The van der Waals surface area contributed by atoms with Crippen molar-refractivity contribution in [3.05, 3.63) is 59.2 Å². The molecule has 0 saturated carbocycles. The predicted molar refractivity (Wildman–Crippen MR) is 85.1 cm³/mol. The summed E-state index contributed by atoms with van der Waals surface area (Å²) in [5, 5.41) is 11.7. The molecule has 0 bridgehead atoms. The van der Waals surface area contributed by atoms with Crippen LogP contribution in [0.15, 0.2) is 48.5 Å². The monoisotopic (exact) mass is 301 g/mol. The zero-order chi connectivity index (χ0) is 14.8. The van der Waals surface area contributed by atoms with Crippen molar-refractivity contribution in [2.24, 2.45) is 0 Å². The second-order valence-corrected chi connectivity index (χ2v) is 5.27. The number of aromatic hydroxyl groups is 1. The van der Waals surface area contributed by atoms with Crippen LogP contribution in [0, 0.1) is 0 Å². The van der Waals surface area contributed by atoms with E-state index in [1.54, 1.807) is 18.2 Å². The van der Waals surface area contributed by atoms with Gasteiger partial charge in [-0.2, -0.15) is 0 Å². The Morgan fingerprint density at radius 3 is 2.62 bits per heavy atom. The van der Waals surface area contributed by atoms with Gasteiger partial charge in [0, 0.05) is 17.0 Å². The number of hydrogen-bond acceptors (Lipinski definition) is 2. The number of aryl methyl sites for hydroxylation is 1. The molecule has 3 rings (SSSR count). The first-order chi connectivity index (χ1) is 10.2. The van der Waals surface area contributed by atoms with E-state index in [0.29, 0.717) is 17.4 Å². The number of aromatic nitrogens is 1. The molecule has 0 saturated heterocycles. The molecule has 0 atom stereocenters. The molecular formula is C17H16ClNO2. The van der Waals surface area contributed by atoms with Crippen LogP contribution in [-0.4, -0.2) is 9.67 Å². The summed E-state index contributed by atoms with van der Waals surface area (Å²) >= 11 is 5.86. The second-order valence-electron chi connectivity index (χ2n) is 4.84. The molecule has 0 aliphatic heterocycles. The molecule has 108 valence electrons. The molecule has 3 nitrogen and oxygen atoms in total. The molecule has 2 aromatic carbocycles. The Balaban J connectivity index is 1.90. The third-order valence-electron chi connectivity index (χ3n) is 3.50. The number of hydrogen-bond donors (Lipinski definition) is 1. The average Bonchev–Trinajstić information content (AvgIpc) is 2.85. The first-order valence-corrected chi connectivity index (χ1v) is 7.25. The molecule has 0 unspecified atom stereocenters. The van der Waals surface area contributed by atoms with Gasteiger partial charge in [-0.15, -0.1) is 0 Å². The maximum Gasteiger partial charge on any atom is 0.139 e. The van der Waals surface area contributed by atoms with Crippen LogP contribution in [0.4, 0.5) is 0 Å². The number of phenolic OH excluding ortho intramolecular Hbond substituents is 1. The zero-order valence-electron chi connectivity index (χ0n) is 11.7. The summed E-state index contributed by atoms with van der Waals surface area (Å²) in [6.07, 6.45) is 0. The number of ether oxygens (including phenoxy) is 1. The normalized spacial score (nSPS) is 11.0. The minimum absolute atomic E-state index is 0.298. The lowest BCUT2D eigenvalue weighted by atomic mass is 10.2. The Labute approximate surface area is 128 Å². The van der Waals surface area contributed by atoms with Crippen LogP contribution in [0.3, 0.4) is 0 Å². The molecule has 3 aromatic rings. The maximum atomic E-state index is 10.0. The molecule has 4 heteroatoms. The highest BCUT2D eigenvalue weighted by molar-refractivity contribution is 6.30. The molecule has 21 heavy (non-hydrogen) atoms. The number of para-hydroxylation sites is 1. The summed E-state index contributed by atoms with van der Waals surface area (Å²) in [6.45, 7) is 3.28. The Morgan fingerprint density at radius 2 is 1.90 bits per heavy atom. The Kier molecular flexibility index (Phi) is 3.76. The molecule has 1 aromatic heterocycles. The summed E-state index contributed by atoms with van der Waals surface area (Å²) in [5.74, 6) is 1.07. The van der Waals surface area contributed by atoms with Crippen LogP contribution in [0.1, 0.15) is 12.6 Å². The standard InChI is InChI=1S/C17H16ClNO2/c1-2-19-14(10-12-4-3-5-16(20)17(12)19)11-21-15-8-6-13(18)7-9-15/h3-10,20H,2,11H2,1H3. The summed E-state index contributed by atoms with van der Waals surface area (Å²) in [6, 6.07) is 14.9. The van der Waals surface area contributed by atoms with Gasteiger partial charge in [-0.05, 0) is 43.3 Å². The minimum Gasteiger partial charge on any atom is -0.506 e. The van der Waals surface area contributed by atoms with Crippen LogP contribution >= 0.6 is 11.6 Å². The highest BCUT2D eigenvalue weighted by Gasteiger charge is 2.11. The van der Waals surface area contributed by atoms with E-state index in [-0.39, 0.29) is 0 Å². The van der Waals surface area contributed by atoms with Crippen LogP contribution in [0.2, 0.25) is 5.02 Å². The van der Waals surface area contributed by atoms with Crippen LogP contribution in [0.5, 0.6) is 11.5 Å². The van der Waals surface area contributed by atoms with E-state index in [1.165, 1.54) is 0 Å². The number of fused-ring (bicyclic) bond motifs is 1. The first kappa shape index (κ1) is 13.8. The van der Waals surface area contributed by atoms with Crippen molar-refractivity contribution >= 4 is 22.5 Å². The fourth-order valence-electron chi connectivity index (χ4n) is 2.53. The van der Waals surface area contributed by atoms with Crippen LogP contribution < -0.4 is 4.74 Å².